The maximum atomic E-state index is 5.74. The average Bonchev–Trinajstić information content (AvgIpc) is 2.93. The van der Waals surface area contributed by atoms with E-state index in [1.165, 1.54) is 5.56 Å². The van der Waals surface area contributed by atoms with Gasteiger partial charge in [0.1, 0.15) is 0 Å². The molecule has 0 radical (unpaired) electrons. The molecule has 3 aromatic rings. The lowest BCUT2D eigenvalue weighted by molar-refractivity contribution is 0.360. The van der Waals surface area contributed by atoms with Gasteiger partial charge < -0.3 is 15.2 Å². The highest BCUT2D eigenvalue weighted by Gasteiger charge is 2.50. The van der Waals surface area contributed by atoms with Crippen molar-refractivity contribution in [2.24, 2.45) is 0 Å². The Kier molecular flexibility index (Phi) is 2.24. The molecule has 1 aromatic carbocycles. The first-order chi connectivity index (χ1) is 9.78. The van der Waals surface area contributed by atoms with Crippen LogP contribution in [0.3, 0.4) is 0 Å². The van der Waals surface area contributed by atoms with Crippen LogP contribution in [0.1, 0.15) is 24.3 Å². The van der Waals surface area contributed by atoms with Gasteiger partial charge in [-0.15, -0.1) is 0 Å². The first kappa shape index (κ1) is 11.3. The van der Waals surface area contributed by atoms with Crippen molar-refractivity contribution in [2.75, 3.05) is 5.73 Å². The first-order valence-electron chi connectivity index (χ1n) is 6.62. The highest BCUT2D eigenvalue weighted by molar-refractivity contribution is 5.50. The van der Waals surface area contributed by atoms with E-state index in [-0.39, 0.29) is 5.41 Å². The van der Waals surface area contributed by atoms with Gasteiger partial charge in [0.15, 0.2) is 0 Å². The molecule has 1 fully saturated rings. The van der Waals surface area contributed by atoms with Gasteiger partial charge in [0, 0.05) is 11.9 Å². The topological polar surface area (TPSA) is 80.7 Å². The Morgan fingerprint density at radius 3 is 2.60 bits per heavy atom. The summed E-state index contributed by atoms with van der Waals surface area (Å²) in [5.74, 6) is 1.29. The summed E-state index contributed by atoms with van der Waals surface area (Å²) < 4.78 is 5.49. The van der Waals surface area contributed by atoms with Crippen molar-refractivity contribution in [1.29, 1.82) is 0 Å². The largest absolute Gasteiger partial charge is 0.399 e. The van der Waals surface area contributed by atoms with E-state index in [2.05, 4.69) is 15.1 Å². The zero-order valence-corrected chi connectivity index (χ0v) is 10.8. The minimum absolute atomic E-state index is 0.120. The highest BCUT2D eigenvalue weighted by Crippen LogP contribution is 2.53. The molecule has 2 heterocycles. The average molecular weight is 266 g/mol. The Hall–Kier alpha value is -2.56. The Labute approximate surface area is 115 Å². The second-order valence-corrected chi connectivity index (χ2v) is 5.21. The van der Waals surface area contributed by atoms with Gasteiger partial charge in [-0.1, -0.05) is 17.3 Å². The van der Waals surface area contributed by atoms with E-state index >= 15 is 0 Å². The van der Waals surface area contributed by atoms with E-state index in [0.717, 1.165) is 24.2 Å². The van der Waals surface area contributed by atoms with Crippen LogP contribution < -0.4 is 5.73 Å². The van der Waals surface area contributed by atoms with Crippen LogP contribution in [0.25, 0.3) is 11.5 Å². The molecule has 2 aromatic heterocycles. The number of anilines is 1. The highest BCUT2D eigenvalue weighted by atomic mass is 16.5. The molecule has 0 bridgehead atoms. The van der Waals surface area contributed by atoms with Crippen LogP contribution in [0.15, 0.2) is 47.1 Å². The molecule has 5 heteroatoms. The maximum Gasteiger partial charge on any atom is 0.237 e. The van der Waals surface area contributed by atoms with Gasteiger partial charge in [0.2, 0.25) is 11.7 Å². The van der Waals surface area contributed by atoms with Crippen molar-refractivity contribution in [3.63, 3.8) is 0 Å². The Bertz CT molecular complexity index is 724. The molecule has 0 amide bonds. The lowest BCUT2D eigenvalue weighted by Crippen LogP contribution is -2.09. The molecular weight excluding hydrogens is 252 g/mol. The van der Waals surface area contributed by atoms with Gasteiger partial charge in [-0.2, -0.15) is 4.98 Å². The molecule has 4 rings (SSSR count). The summed E-state index contributed by atoms with van der Waals surface area (Å²) in [7, 11) is 0. The zero-order chi connectivity index (χ0) is 13.6. The third-order valence-electron chi connectivity index (χ3n) is 3.89. The zero-order valence-electron chi connectivity index (χ0n) is 10.8. The van der Waals surface area contributed by atoms with Crippen molar-refractivity contribution >= 4 is 5.69 Å². The van der Waals surface area contributed by atoms with Crippen LogP contribution in [0.5, 0.6) is 0 Å². The number of hydrogen-bond acceptors (Lipinski definition) is 4. The number of hydrogen-bond donors (Lipinski definition) is 2. The molecule has 0 aliphatic heterocycles. The first-order valence-corrected chi connectivity index (χ1v) is 6.62. The third-order valence-corrected chi connectivity index (χ3v) is 3.89. The normalized spacial score (nSPS) is 16.2. The Morgan fingerprint density at radius 1 is 1.15 bits per heavy atom. The SMILES string of the molecule is Nc1ccc(C2(c3nc(-c4ccc[nH]4)no3)CC2)cc1. The number of aromatic amines is 1. The number of nitrogens with one attached hydrogen (secondary N) is 1. The summed E-state index contributed by atoms with van der Waals surface area (Å²) in [4.78, 5) is 7.63. The standard InChI is InChI=1S/C15H14N4O/c16-11-5-3-10(4-6-11)15(7-8-15)14-18-13(19-20-14)12-2-1-9-17-12/h1-6,9,17H,7-8,16H2. The predicted molar refractivity (Wildman–Crippen MR) is 75.0 cm³/mol. The number of H-pyrrole nitrogens is 1. The van der Waals surface area contributed by atoms with Gasteiger partial charge in [-0.3, -0.25) is 0 Å². The molecule has 20 heavy (non-hydrogen) atoms. The van der Waals surface area contributed by atoms with Crippen molar-refractivity contribution in [1.82, 2.24) is 15.1 Å². The van der Waals surface area contributed by atoms with Gasteiger partial charge in [0.25, 0.3) is 0 Å². The fraction of sp³-hybridized carbons (Fsp3) is 0.200. The van der Waals surface area contributed by atoms with E-state index in [4.69, 9.17) is 10.3 Å². The quantitative estimate of drug-likeness (QED) is 0.714. The second-order valence-electron chi connectivity index (χ2n) is 5.21. The summed E-state index contributed by atoms with van der Waals surface area (Å²) in [5.41, 5.74) is 8.45. The maximum absolute atomic E-state index is 5.74. The lowest BCUT2D eigenvalue weighted by atomic mass is 9.96. The summed E-state index contributed by atoms with van der Waals surface area (Å²) >= 11 is 0. The Morgan fingerprint density at radius 2 is 1.95 bits per heavy atom. The second kappa shape index (κ2) is 3.96. The number of nitrogens with zero attached hydrogens (tertiary/aromatic N) is 2. The summed E-state index contributed by atoms with van der Waals surface area (Å²) in [6.45, 7) is 0. The molecule has 0 spiro atoms. The van der Waals surface area contributed by atoms with Crippen LogP contribution >= 0.6 is 0 Å². The van der Waals surface area contributed by atoms with Gasteiger partial charge in [0.05, 0.1) is 11.1 Å². The van der Waals surface area contributed by atoms with Gasteiger partial charge >= 0.3 is 0 Å². The number of aromatic nitrogens is 3. The molecule has 3 N–H and O–H groups in total. The molecule has 1 saturated carbocycles. The molecule has 1 aliphatic rings. The van der Waals surface area contributed by atoms with Crippen LogP contribution in [0.2, 0.25) is 0 Å². The number of rotatable bonds is 3. The fourth-order valence-electron chi connectivity index (χ4n) is 2.55. The van der Waals surface area contributed by atoms with E-state index in [1.54, 1.807) is 0 Å². The van der Waals surface area contributed by atoms with Crippen molar-refractivity contribution in [3.8, 4) is 11.5 Å². The monoisotopic (exact) mass is 266 g/mol. The lowest BCUT2D eigenvalue weighted by Gasteiger charge is -2.10. The van der Waals surface area contributed by atoms with Crippen LogP contribution in [-0.2, 0) is 5.41 Å². The summed E-state index contributed by atoms with van der Waals surface area (Å²) in [5, 5.41) is 4.07. The smallest absolute Gasteiger partial charge is 0.237 e. The Balaban J connectivity index is 1.72. The van der Waals surface area contributed by atoms with Gasteiger partial charge in [-0.05, 0) is 42.7 Å². The van der Waals surface area contributed by atoms with Crippen molar-refractivity contribution < 1.29 is 4.52 Å². The third kappa shape index (κ3) is 1.63. The molecule has 0 atom stereocenters. The van der Waals surface area contributed by atoms with Crippen LogP contribution in [-0.4, -0.2) is 15.1 Å². The summed E-state index contributed by atoms with van der Waals surface area (Å²) in [6, 6.07) is 11.8. The number of nitrogen functional groups attached to an aromatic ring is 1. The molecule has 1 aliphatic carbocycles. The molecule has 100 valence electrons. The van der Waals surface area contributed by atoms with Crippen LogP contribution in [0, 0.1) is 0 Å². The molecule has 0 saturated heterocycles. The van der Waals surface area contributed by atoms with Crippen molar-refractivity contribution in [3.05, 3.63) is 54.0 Å². The van der Waals surface area contributed by atoms with E-state index in [1.807, 2.05) is 42.6 Å². The minimum Gasteiger partial charge on any atom is -0.399 e. The van der Waals surface area contributed by atoms with Crippen LogP contribution in [0.4, 0.5) is 5.69 Å². The van der Waals surface area contributed by atoms with Crippen molar-refractivity contribution in [2.45, 2.75) is 18.3 Å². The molecule has 5 nitrogen and oxygen atoms in total. The fourth-order valence-corrected chi connectivity index (χ4v) is 2.55. The molecule has 0 unspecified atom stereocenters. The van der Waals surface area contributed by atoms with E-state index < -0.39 is 0 Å². The van der Waals surface area contributed by atoms with E-state index in [9.17, 15) is 0 Å². The summed E-state index contributed by atoms with van der Waals surface area (Å²) in [6.07, 6.45) is 3.91. The predicted octanol–water partition coefficient (Wildman–Crippen LogP) is 2.73. The minimum atomic E-state index is -0.120. The number of benzene rings is 1. The van der Waals surface area contributed by atoms with E-state index in [0.29, 0.717) is 11.7 Å². The molecular formula is C15H14N4O. The van der Waals surface area contributed by atoms with Gasteiger partial charge in [-0.25, -0.2) is 0 Å². The number of nitrogens with two attached hydrogens (primary N) is 1.